The van der Waals surface area contributed by atoms with Gasteiger partial charge in [-0.2, -0.15) is 0 Å². The van der Waals surface area contributed by atoms with E-state index in [1.807, 2.05) is 0 Å². The second-order valence-corrected chi connectivity index (χ2v) is 5.02. The smallest absolute Gasteiger partial charge is 0.0389 e. The molecule has 0 saturated heterocycles. The molecule has 0 aromatic carbocycles. The van der Waals surface area contributed by atoms with Gasteiger partial charge in [0.2, 0.25) is 0 Å². The maximum absolute atomic E-state index is 2.41. The van der Waals surface area contributed by atoms with Gasteiger partial charge < -0.3 is 0 Å². The van der Waals surface area contributed by atoms with Crippen LogP contribution < -0.4 is 0 Å². The average molecular weight is 225 g/mol. The molecule has 0 aliphatic carbocycles. The van der Waals surface area contributed by atoms with Crippen molar-refractivity contribution >= 4 is 0 Å². The second-order valence-electron chi connectivity index (χ2n) is 5.02. The summed E-state index contributed by atoms with van der Waals surface area (Å²) in [5.74, 6) is 0. The fraction of sp³-hybridized carbons (Fsp3) is 0.938. The lowest BCUT2D eigenvalue weighted by molar-refractivity contribution is 0.548. The van der Waals surface area contributed by atoms with Crippen LogP contribution in [0.2, 0.25) is 0 Å². The van der Waals surface area contributed by atoms with Crippen LogP contribution >= 0.6 is 0 Å². The molecule has 0 rings (SSSR count). The first kappa shape index (κ1) is 16.0. The molecule has 0 heterocycles. The first-order valence-electron chi connectivity index (χ1n) is 7.73. The van der Waals surface area contributed by atoms with E-state index < -0.39 is 0 Å². The Morgan fingerprint density at radius 1 is 0.562 bits per heavy atom. The van der Waals surface area contributed by atoms with Gasteiger partial charge in [0.05, 0.1) is 0 Å². The summed E-state index contributed by atoms with van der Waals surface area (Å²) >= 11 is 0. The predicted molar refractivity (Wildman–Crippen MR) is 75.7 cm³/mol. The molecular weight excluding hydrogens is 192 g/mol. The predicted octanol–water partition coefficient (Wildman–Crippen LogP) is 6.30. The van der Waals surface area contributed by atoms with Crippen LogP contribution in [0.5, 0.6) is 0 Å². The van der Waals surface area contributed by atoms with Crippen molar-refractivity contribution in [3.63, 3.8) is 0 Å². The van der Waals surface area contributed by atoms with Crippen LogP contribution in [-0.2, 0) is 0 Å². The number of hydrogen-bond acceptors (Lipinski definition) is 0. The van der Waals surface area contributed by atoms with E-state index in [1.165, 1.54) is 83.5 Å². The van der Waals surface area contributed by atoms with Crippen LogP contribution in [-0.4, -0.2) is 0 Å². The summed E-state index contributed by atoms with van der Waals surface area (Å²) in [5.41, 5.74) is 0. The summed E-state index contributed by atoms with van der Waals surface area (Å²) in [7, 11) is 0. The van der Waals surface area contributed by atoms with Gasteiger partial charge in [-0.1, -0.05) is 97.3 Å². The van der Waals surface area contributed by atoms with Crippen molar-refractivity contribution in [3.8, 4) is 0 Å². The molecule has 0 aliphatic rings. The first-order chi connectivity index (χ1) is 7.91. The molecule has 16 heavy (non-hydrogen) atoms. The lowest BCUT2D eigenvalue weighted by Crippen LogP contribution is -1.82. The number of unbranched alkanes of at least 4 members (excludes halogenated alkanes) is 13. The highest BCUT2D eigenvalue weighted by Crippen LogP contribution is 2.12. The Kier molecular flexibility index (Phi) is 15.0. The normalized spacial score (nSPS) is 10.9. The fourth-order valence-corrected chi connectivity index (χ4v) is 2.16. The SMILES string of the molecule is CC[CH]CCCCCCCCCCCCC. The van der Waals surface area contributed by atoms with Crippen molar-refractivity contribution < 1.29 is 0 Å². The van der Waals surface area contributed by atoms with Crippen molar-refractivity contribution in [3.05, 3.63) is 6.42 Å². The number of rotatable bonds is 13. The Labute approximate surface area is 104 Å². The van der Waals surface area contributed by atoms with E-state index in [0.717, 1.165) is 0 Å². The Balaban J connectivity index is 2.83. The summed E-state index contributed by atoms with van der Waals surface area (Å²) in [6, 6.07) is 0. The third kappa shape index (κ3) is 14.0. The van der Waals surface area contributed by atoms with Crippen LogP contribution in [0, 0.1) is 6.42 Å². The Morgan fingerprint density at radius 3 is 1.44 bits per heavy atom. The van der Waals surface area contributed by atoms with Gasteiger partial charge in [0.15, 0.2) is 0 Å². The molecule has 0 heteroatoms. The van der Waals surface area contributed by atoms with Gasteiger partial charge in [0.1, 0.15) is 0 Å². The van der Waals surface area contributed by atoms with Crippen molar-refractivity contribution in [2.24, 2.45) is 0 Å². The molecular formula is C16H33. The molecule has 0 atom stereocenters. The molecule has 97 valence electrons. The minimum Gasteiger partial charge on any atom is -0.0654 e. The zero-order valence-corrected chi connectivity index (χ0v) is 11.8. The maximum Gasteiger partial charge on any atom is -0.0389 e. The molecule has 0 aromatic heterocycles. The summed E-state index contributed by atoms with van der Waals surface area (Å²) in [6.45, 7) is 4.52. The fourth-order valence-electron chi connectivity index (χ4n) is 2.16. The molecule has 0 aromatic rings. The van der Waals surface area contributed by atoms with Crippen molar-refractivity contribution in [1.29, 1.82) is 0 Å². The van der Waals surface area contributed by atoms with Crippen LogP contribution in [0.15, 0.2) is 0 Å². The van der Waals surface area contributed by atoms with E-state index in [4.69, 9.17) is 0 Å². The molecule has 1 radical (unpaired) electrons. The lowest BCUT2D eigenvalue weighted by Gasteiger charge is -2.02. The van der Waals surface area contributed by atoms with Crippen LogP contribution in [0.1, 0.15) is 97.3 Å². The topological polar surface area (TPSA) is 0 Å². The minimum atomic E-state index is 1.25. The largest absolute Gasteiger partial charge is 0.0654 e. The highest BCUT2D eigenvalue weighted by Gasteiger charge is 1.92. The lowest BCUT2D eigenvalue weighted by atomic mass is 10.0. The highest BCUT2D eigenvalue weighted by molar-refractivity contribution is 4.60. The van der Waals surface area contributed by atoms with Gasteiger partial charge in [-0.3, -0.25) is 0 Å². The minimum absolute atomic E-state index is 1.25. The van der Waals surface area contributed by atoms with Gasteiger partial charge in [-0.25, -0.2) is 0 Å². The quantitative estimate of drug-likeness (QED) is 0.323. The summed E-state index contributed by atoms with van der Waals surface area (Å²) in [4.78, 5) is 0. The molecule has 0 aliphatic heterocycles. The van der Waals surface area contributed by atoms with Gasteiger partial charge in [-0.15, -0.1) is 0 Å². The Bertz CT molecular complexity index is 92.6. The molecule has 0 fully saturated rings. The van der Waals surface area contributed by atoms with Crippen LogP contribution in [0.25, 0.3) is 0 Å². The summed E-state index contributed by atoms with van der Waals surface area (Å²) in [5, 5.41) is 0. The third-order valence-electron chi connectivity index (χ3n) is 3.30. The van der Waals surface area contributed by atoms with Gasteiger partial charge in [0.25, 0.3) is 0 Å². The molecule has 0 N–H and O–H groups in total. The molecule has 0 bridgehead atoms. The highest BCUT2D eigenvalue weighted by atomic mass is 14.0. The third-order valence-corrected chi connectivity index (χ3v) is 3.30. The molecule has 0 amide bonds. The van der Waals surface area contributed by atoms with Crippen molar-refractivity contribution in [1.82, 2.24) is 0 Å². The zero-order chi connectivity index (χ0) is 11.9. The van der Waals surface area contributed by atoms with Crippen molar-refractivity contribution in [2.45, 2.75) is 97.3 Å². The second kappa shape index (κ2) is 15.0. The molecule has 0 nitrogen and oxygen atoms in total. The summed E-state index contributed by atoms with van der Waals surface area (Å²) < 4.78 is 0. The van der Waals surface area contributed by atoms with Gasteiger partial charge in [0, 0.05) is 0 Å². The van der Waals surface area contributed by atoms with E-state index in [1.54, 1.807) is 0 Å². The summed E-state index contributed by atoms with van der Waals surface area (Å²) in [6.07, 6.45) is 21.0. The standard InChI is InChI=1S/C16H33/c1-3-5-7-9-11-13-15-16-14-12-10-8-6-4-2/h5H,3-4,6-16H2,1-2H3. The van der Waals surface area contributed by atoms with E-state index in [9.17, 15) is 0 Å². The number of hydrogen-bond donors (Lipinski definition) is 0. The van der Waals surface area contributed by atoms with Gasteiger partial charge >= 0.3 is 0 Å². The van der Waals surface area contributed by atoms with E-state index in [2.05, 4.69) is 20.3 Å². The van der Waals surface area contributed by atoms with E-state index in [-0.39, 0.29) is 0 Å². The van der Waals surface area contributed by atoms with Crippen LogP contribution in [0.4, 0.5) is 0 Å². The zero-order valence-electron chi connectivity index (χ0n) is 11.8. The average Bonchev–Trinajstić information content (AvgIpc) is 2.31. The van der Waals surface area contributed by atoms with E-state index in [0.29, 0.717) is 0 Å². The first-order valence-corrected chi connectivity index (χ1v) is 7.73. The van der Waals surface area contributed by atoms with E-state index >= 15 is 0 Å². The molecule has 0 unspecified atom stereocenters. The van der Waals surface area contributed by atoms with Crippen molar-refractivity contribution in [2.75, 3.05) is 0 Å². The maximum atomic E-state index is 2.41. The van der Waals surface area contributed by atoms with Gasteiger partial charge in [-0.05, 0) is 6.42 Å². The Hall–Kier alpha value is 0. The monoisotopic (exact) mass is 225 g/mol. The Morgan fingerprint density at radius 2 is 1.00 bits per heavy atom. The molecule has 0 saturated carbocycles. The van der Waals surface area contributed by atoms with Crippen LogP contribution in [0.3, 0.4) is 0 Å². The molecule has 0 spiro atoms.